The Morgan fingerprint density at radius 2 is 2.00 bits per heavy atom. The van der Waals surface area contributed by atoms with Crippen molar-refractivity contribution in [1.29, 1.82) is 0 Å². The number of piperidine rings is 1. The first kappa shape index (κ1) is 13.7. The Balaban J connectivity index is 1.64. The van der Waals surface area contributed by atoms with Gasteiger partial charge in [0.2, 0.25) is 12.0 Å². The molecule has 3 unspecified atom stereocenters. The highest BCUT2D eigenvalue weighted by Gasteiger charge is 2.35. The summed E-state index contributed by atoms with van der Waals surface area (Å²) in [6.45, 7) is 2.27. The zero-order valence-electron chi connectivity index (χ0n) is 11.8. The van der Waals surface area contributed by atoms with E-state index in [1.807, 2.05) is 25.1 Å². The molecule has 6 nitrogen and oxygen atoms in total. The molecule has 6 heteroatoms. The van der Waals surface area contributed by atoms with Crippen LogP contribution in [0.25, 0.3) is 0 Å². The molecule has 112 valence electrons. The molecule has 1 fully saturated rings. The molecule has 21 heavy (non-hydrogen) atoms. The van der Waals surface area contributed by atoms with Crippen LogP contribution >= 0.6 is 0 Å². The van der Waals surface area contributed by atoms with E-state index < -0.39 is 6.10 Å². The Bertz CT molecular complexity index is 550. The molecule has 2 aliphatic rings. The summed E-state index contributed by atoms with van der Waals surface area (Å²) < 4.78 is 11.5. The van der Waals surface area contributed by atoms with Gasteiger partial charge in [-0.15, -0.1) is 0 Å². The van der Waals surface area contributed by atoms with E-state index in [1.165, 1.54) is 0 Å². The molecule has 0 aromatic heterocycles. The van der Waals surface area contributed by atoms with Crippen LogP contribution in [0.1, 0.15) is 19.8 Å². The van der Waals surface area contributed by atoms with Crippen molar-refractivity contribution in [3.05, 3.63) is 24.3 Å². The molecule has 1 aromatic rings. The minimum atomic E-state index is -0.683. The first-order valence-corrected chi connectivity index (χ1v) is 7.13. The van der Waals surface area contributed by atoms with E-state index in [2.05, 4.69) is 10.6 Å². The number of amides is 2. The molecular weight excluding hydrogens is 272 g/mol. The second-order valence-electron chi connectivity index (χ2n) is 5.36. The van der Waals surface area contributed by atoms with Crippen molar-refractivity contribution < 1.29 is 19.1 Å². The molecule has 0 aliphatic carbocycles. The highest BCUT2D eigenvalue weighted by molar-refractivity contribution is 5.83. The van der Waals surface area contributed by atoms with E-state index in [9.17, 15) is 9.59 Å². The van der Waals surface area contributed by atoms with Crippen LogP contribution in [0.15, 0.2) is 24.3 Å². The van der Waals surface area contributed by atoms with Crippen LogP contribution in [0.3, 0.4) is 0 Å². The van der Waals surface area contributed by atoms with Gasteiger partial charge >= 0.3 is 0 Å². The molecule has 0 saturated carbocycles. The van der Waals surface area contributed by atoms with E-state index in [0.29, 0.717) is 30.9 Å². The lowest BCUT2D eigenvalue weighted by Gasteiger charge is -2.32. The Morgan fingerprint density at radius 3 is 2.67 bits per heavy atom. The lowest BCUT2D eigenvalue weighted by atomic mass is 10.1. The fourth-order valence-electron chi connectivity index (χ4n) is 2.55. The van der Waals surface area contributed by atoms with Crippen molar-refractivity contribution in [3.63, 3.8) is 0 Å². The first-order chi connectivity index (χ1) is 10.1. The van der Waals surface area contributed by atoms with Crippen molar-refractivity contribution >= 4 is 11.8 Å². The number of rotatable bonds is 2. The van der Waals surface area contributed by atoms with E-state index >= 15 is 0 Å². The van der Waals surface area contributed by atoms with Crippen LogP contribution in [0.2, 0.25) is 0 Å². The van der Waals surface area contributed by atoms with Gasteiger partial charge in [0.1, 0.15) is 6.10 Å². The van der Waals surface area contributed by atoms with Crippen LogP contribution in [-0.2, 0) is 9.59 Å². The number of carbonyl (C=O) groups is 2. The molecule has 1 aromatic carbocycles. The molecule has 1 saturated heterocycles. The summed E-state index contributed by atoms with van der Waals surface area (Å²) in [5, 5.41) is 5.65. The average Bonchev–Trinajstić information content (AvgIpc) is 2.49. The number of ether oxygens (including phenoxy) is 2. The molecule has 0 radical (unpaired) electrons. The van der Waals surface area contributed by atoms with Gasteiger partial charge in [-0.3, -0.25) is 9.59 Å². The number of nitrogens with one attached hydrogen (secondary N) is 2. The standard InChI is InChI=1S/C15H18N2O4/c1-9-14(21-12-5-3-2-4-11(12)20-9)15(19)17-10-6-7-13(18)16-8-10/h2-5,9-10,14H,6-8H2,1H3,(H,16,18)(H,17,19). The molecule has 3 atom stereocenters. The van der Waals surface area contributed by atoms with Gasteiger partial charge in [0, 0.05) is 19.0 Å². The van der Waals surface area contributed by atoms with E-state index in [1.54, 1.807) is 6.07 Å². The minimum Gasteiger partial charge on any atom is -0.482 e. The number of benzene rings is 1. The van der Waals surface area contributed by atoms with Gasteiger partial charge in [0.05, 0.1) is 0 Å². The predicted molar refractivity (Wildman–Crippen MR) is 75.1 cm³/mol. The van der Waals surface area contributed by atoms with Crippen LogP contribution in [0.5, 0.6) is 11.5 Å². The summed E-state index contributed by atoms with van der Waals surface area (Å²) in [6.07, 6.45) is 0.0391. The van der Waals surface area contributed by atoms with Gasteiger partial charge in [-0.1, -0.05) is 12.1 Å². The van der Waals surface area contributed by atoms with Gasteiger partial charge in [-0.25, -0.2) is 0 Å². The number of carbonyl (C=O) groups excluding carboxylic acids is 2. The summed E-state index contributed by atoms with van der Waals surface area (Å²) in [7, 11) is 0. The predicted octanol–water partition coefficient (Wildman–Crippen LogP) is 0.610. The molecule has 2 amide bonds. The minimum absolute atomic E-state index is 0.0278. The monoisotopic (exact) mass is 290 g/mol. The van der Waals surface area contributed by atoms with E-state index in [4.69, 9.17) is 9.47 Å². The van der Waals surface area contributed by atoms with Gasteiger partial charge in [-0.2, -0.15) is 0 Å². The maximum absolute atomic E-state index is 12.3. The first-order valence-electron chi connectivity index (χ1n) is 7.13. The summed E-state index contributed by atoms with van der Waals surface area (Å²) in [5.74, 6) is 1.05. The zero-order chi connectivity index (χ0) is 14.8. The van der Waals surface area contributed by atoms with Crippen LogP contribution < -0.4 is 20.1 Å². The Labute approximate surface area is 122 Å². The molecule has 2 heterocycles. The van der Waals surface area contributed by atoms with Crippen molar-refractivity contribution in [2.45, 2.75) is 38.0 Å². The summed E-state index contributed by atoms with van der Waals surface area (Å²) >= 11 is 0. The highest BCUT2D eigenvalue weighted by atomic mass is 16.6. The number of fused-ring (bicyclic) bond motifs is 1. The molecule has 0 spiro atoms. The van der Waals surface area contributed by atoms with Gasteiger partial charge < -0.3 is 20.1 Å². The largest absolute Gasteiger partial charge is 0.482 e. The number of hydrogen-bond donors (Lipinski definition) is 2. The molecule has 0 bridgehead atoms. The fraction of sp³-hybridized carbons (Fsp3) is 0.467. The topological polar surface area (TPSA) is 76.7 Å². The number of para-hydroxylation sites is 2. The van der Waals surface area contributed by atoms with E-state index in [-0.39, 0.29) is 24.0 Å². The summed E-state index contributed by atoms with van der Waals surface area (Å²) in [6, 6.07) is 7.24. The SMILES string of the molecule is CC1Oc2ccccc2OC1C(=O)NC1CCC(=O)NC1. The van der Waals surface area contributed by atoms with E-state index in [0.717, 1.165) is 0 Å². The maximum Gasteiger partial charge on any atom is 0.265 e. The van der Waals surface area contributed by atoms with Crippen LogP contribution in [0, 0.1) is 0 Å². The summed E-state index contributed by atoms with van der Waals surface area (Å²) in [4.78, 5) is 23.5. The highest BCUT2D eigenvalue weighted by Crippen LogP contribution is 2.33. The van der Waals surface area contributed by atoms with Gasteiger partial charge in [0.15, 0.2) is 11.5 Å². The average molecular weight is 290 g/mol. The maximum atomic E-state index is 12.3. The van der Waals surface area contributed by atoms with Crippen molar-refractivity contribution in [1.82, 2.24) is 10.6 Å². The Morgan fingerprint density at radius 1 is 1.29 bits per heavy atom. The van der Waals surface area contributed by atoms with Gasteiger partial charge in [0.25, 0.3) is 5.91 Å². The molecular formula is C15H18N2O4. The van der Waals surface area contributed by atoms with Crippen molar-refractivity contribution in [3.8, 4) is 11.5 Å². The quantitative estimate of drug-likeness (QED) is 0.836. The van der Waals surface area contributed by atoms with Gasteiger partial charge in [-0.05, 0) is 25.5 Å². The van der Waals surface area contributed by atoms with Crippen LogP contribution in [0.4, 0.5) is 0 Å². The fourth-order valence-corrected chi connectivity index (χ4v) is 2.55. The normalized spacial score (nSPS) is 27.7. The second kappa shape index (κ2) is 5.63. The molecule has 2 aliphatic heterocycles. The van der Waals surface area contributed by atoms with Crippen LogP contribution in [-0.4, -0.2) is 36.6 Å². The third-order valence-corrected chi connectivity index (χ3v) is 3.71. The third kappa shape index (κ3) is 2.94. The van der Waals surface area contributed by atoms with Crippen molar-refractivity contribution in [2.24, 2.45) is 0 Å². The second-order valence-corrected chi connectivity index (χ2v) is 5.36. The Hall–Kier alpha value is -2.24. The smallest absolute Gasteiger partial charge is 0.265 e. The third-order valence-electron chi connectivity index (χ3n) is 3.71. The summed E-state index contributed by atoms with van der Waals surface area (Å²) in [5.41, 5.74) is 0. The molecule has 3 rings (SSSR count). The Kier molecular flexibility index (Phi) is 3.68. The lowest BCUT2D eigenvalue weighted by Crippen LogP contribution is -2.55. The lowest BCUT2D eigenvalue weighted by molar-refractivity contribution is -0.135. The molecule has 2 N–H and O–H groups in total. The van der Waals surface area contributed by atoms with Crippen molar-refractivity contribution in [2.75, 3.05) is 6.54 Å². The number of hydrogen-bond acceptors (Lipinski definition) is 4. The zero-order valence-corrected chi connectivity index (χ0v) is 11.8.